The molecule has 1 aromatic rings. The molecule has 4 heteroatoms. The predicted octanol–water partition coefficient (Wildman–Crippen LogP) is 4.30. The molecular weight excluding hydrogens is 243 g/mol. The van der Waals surface area contributed by atoms with Crippen LogP contribution in [-0.4, -0.2) is 12.4 Å². The van der Waals surface area contributed by atoms with E-state index in [0.29, 0.717) is 5.02 Å². The smallest absolute Gasteiger partial charge is 0.101 e. The Labute approximate surface area is 106 Å². The Kier molecular flexibility index (Phi) is 3.72. The molecule has 0 bridgehead atoms. The highest BCUT2D eigenvalue weighted by atomic mass is 35.5. The number of benzene rings is 1. The normalized spacial score (nSPS) is 15.8. The number of nitrogens with one attached hydrogen (secondary N) is 1. The molecule has 0 radical (unpaired) electrons. The first-order chi connectivity index (χ1) is 7.66. The number of nitrogens with zero attached hydrogens (tertiary/aromatic N) is 1. The average Bonchev–Trinajstić information content (AvgIpc) is 2.27. The van der Waals surface area contributed by atoms with Crippen molar-refractivity contribution < 1.29 is 0 Å². The summed E-state index contributed by atoms with van der Waals surface area (Å²) in [6, 6.07) is 3.73. The number of rotatable bonds is 1. The lowest BCUT2D eigenvalue weighted by Gasteiger charge is -2.15. The van der Waals surface area contributed by atoms with Crippen LogP contribution in [0.4, 0.5) is 5.69 Å². The van der Waals surface area contributed by atoms with E-state index in [2.05, 4.69) is 10.3 Å². The quantitative estimate of drug-likeness (QED) is 0.797. The molecule has 16 heavy (non-hydrogen) atoms. The molecule has 1 N–H and O–H groups in total. The minimum absolute atomic E-state index is 0.690. The second kappa shape index (κ2) is 5.07. The van der Waals surface area contributed by atoms with Gasteiger partial charge in [0, 0.05) is 18.0 Å². The fourth-order valence-electron chi connectivity index (χ4n) is 1.70. The van der Waals surface area contributed by atoms with Crippen LogP contribution in [0.15, 0.2) is 17.1 Å². The molecule has 0 saturated heterocycles. The largest absolute Gasteiger partial charge is 0.343 e. The number of anilines is 1. The van der Waals surface area contributed by atoms with Crippen molar-refractivity contribution in [3.8, 4) is 0 Å². The molecule has 2 rings (SSSR count). The number of hydrogen-bond donors (Lipinski definition) is 1. The van der Waals surface area contributed by atoms with Crippen molar-refractivity contribution in [3.05, 3.63) is 27.7 Å². The van der Waals surface area contributed by atoms with E-state index in [1.54, 1.807) is 0 Å². The van der Waals surface area contributed by atoms with Gasteiger partial charge in [-0.1, -0.05) is 23.2 Å². The standard InChI is InChI=1S/C12H14Cl2N2/c1-8-6-10(14)11(7-9(8)13)16-12-4-2-3-5-15-12/h6-7H,2-5H2,1H3,(H,15,16). The topological polar surface area (TPSA) is 24.4 Å². The highest BCUT2D eigenvalue weighted by Crippen LogP contribution is 2.29. The van der Waals surface area contributed by atoms with Gasteiger partial charge in [-0.3, -0.25) is 4.99 Å². The molecular formula is C12H14Cl2N2. The van der Waals surface area contributed by atoms with Crippen LogP contribution in [-0.2, 0) is 0 Å². The lowest BCUT2D eigenvalue weighted by Crippen LogP contribution is -2.16. The third kappa shape index (κ3) is 2.69. The summed E-state index contributed by atoms with van der Waals surface area (Å²) in [4.78, 5) is 4.42. The highest BCUT2D eigenvalue weighted by molar-refractivity contribution is 6.36. The SMILES string of the molecule is Cc1cc(Cl)c(NC2=NCCCC2)cc1Cl. The summed E-state index contributed by atoms with van der Waals surface area (Å²) >= 11 is 12.2. The Bertz CT molecular complexity index is 427. The second-order valence-electron chi connectivity index (χ2n) is 3.99. The van der Waals surface area contributed by atoms with E-state index in [0.717, 1.165) is 35.1 Å². The van der Waals surface area contributed by atoms with Gasteiger partial charge in [-0.05, 0) is 37.5 Å². The number of amidine groups is 1. The monoisotopic (exact) mass is 256 g/mol. The first kappa shape index (κ1) is 11.7. The summed E-state index contributed by atoms with van der Waals surface area (Å²) in [5, 5.41) is 4.67. The van der Waals surface area contributed by atoms with Crippen molar-refractivity contribution >= 4 is 34.7 Å². The van der Waals surface area contributed by atoms with E-state index < -0.39 is 0 Å². The van der Waals surface area contributed by atoms with Gasteiger partial charge >= 0.3 is 0 Å². The van der Waals surface area contributed by atoms with E-state index in [-0.39, 0.29) is 0 Å². The summed E-state index contributed by atoms with van der Waals surface area (Å²) in [6.07, 6.45) is 3.35. The molecule has 1 aliphatic rings. The lowest BCUT2D eigenvalue weighted by atomic mass is 10.1. The van der Waals surface area contributed by atoms with Crippen LogP contribution < -0.4 is 5.32 Å². The number of aliphatic imine (C=N–C) groups is 1. The fraction of sp³-hybridized carbons (Fsp3) is 0.417. The average molecular weight is 257 g/mol. The van der Waals surface area contributed by atoms with Gasteiger partial charge in [0.15, 0.2) is 0 Å². The highest BCUT2D eigenvalue weighted by Gasteiger charge is 2.09. The zero-order chi connectivity index (χ0) is 11.5. The van der Waals surface area contributed by atoms with Gasteiger partial charge in [0.25, 0.3) is 0 Å². The van der Waals surface area contributed by atoms with E-state index in [9.17, 15) is 0 Å². The fourth-order valence-corrected chi connectivity index (χ4v) is 2.13. The third-order valence-corrected chi connectivity index (χ3v) is 3.37. The van der Waals surface area contributed by atoms with Gasteiger partial charge in [0.05, 0.1) is 10.7 Å². The van der Waals surface area contributed by atoms with Crippen LogP contribution in [0.25, 0.3) is 0 Å². The van der Waals surface area contributed by atoms with Crippen LogP contribution in [0.5, 0.6) is 0 Å². The van der Waals surface area contributed by atoms with Crippen LogP contribution in [0.3, 0.4) is 0 Å². The molecule has 0 saturated carbocycles. The summed E-state index contributed by atoms with van der Waals surface area (Å²) in [5.41, 5.74) is 1.83. The first-order valence-electron chi connectivity index (χ1n) is 5.43. The Morgan fingerprint density at radius 3 is 2.69 bits per heavy atom. The molecule has 1 aliphatic heterocycles. The van der Waals surface area contributed by atoms with Gasteiger partial charge in [0.2, 0.25) is 0 Å². The number of hydrogen-bond acceptors (Lipinski definition) is 2. The van der Waals surface area contributed by atoms with E-state index >= 15 is 0 Å². The van der Waals surface area contributed by atoms with E-state index in [4.69, 9.17) is 23.2 Å². The molecule has 0 amide bonds. The molecule has 0 spiro atoms. The minimum atomic E-state index is 0.690. The summed E-state index contributed by atoms with van der Waals surface area (Å²) < 4.78 is 0. The maximum Gasteiger partial charge on any atom is 0.101 e. The number of halogens is 2. The van der Waals surface area contributed by atoms with Gasteiger partial charge in [-0.25, -0.2) is 0 Å². The maximum absolute atomic E-state index is 6.14. The molecule has 0 unspecified atom stereocenters. The molecule has 0 atom stereocenters. The van der Waals surface area contributed by atoms with Gasteiger partial charge in [-0.2, -0.15) is 0 Å². The van der Waals surface area contributed by atoms with Crippen molar-refractivity contribution in [1.82, 2.24) is 0 Å². The zero-order valence-corrected chi connectivity index (χ0v) is 10.7. The van der Waals surface area contributed by atoms with Gasteiger partial charge in [-0.15, -0.1) is 0 Å². The maximum atomic E-state index is 6.14. The van der Waals surface area contributed by atoms with Crippen LogP contribution in [0, 0.1) is 6.92 Å². The van der Waals surface area contributed by atoms with Crippen molar-refractivity contribution in [2.75, 3.05) is 11.9 Å². The molecule has 0 fully saturated rings. The molecule has 86 valence electrons. The van der Waals surface area contributed by atoms with Crippen molar-refractivity contribution in [2.45, 2.75) is 26.2 Å². The van der Waals surface area contributed by atoms with Crippen LogP contribution in [0.1, 0.15) is 24.8 Å². The van der Waals surface area contributed by atoms with E-state index in [1.165, 1.54) is 12.8 Å². The lowest BCUT2D eigenvalue weighted by molar-refractivity contribution is 0.737. The van der Waals surface area contributed by atoms with Crippen molar-refractivity contribution in [1.29, 1.82) is 0 Å². The van der Waals surface area contributed by atoms with Crippen molar-refractivity contribution in [2.24, 2.45) is 4.99 Å². The summed E-state index contributed by atoms with van der Waals surface area (Å²) in [5.74, 6) is 1.01. The van der Waals surface area contributed by atoms with Crippen molar-refractivity contribution in [3.63, 3.8) is 0 Å². The van der Waals surface area contributed by atoms with Gasteiger partial charge < -0.3 is 5.32 Å². The molecule has 1 heterocycles. The molecule has 1 aromatic carbocycles. The van der Waals surface area contributed by atoms with Gasteiger partial charge in [0.1, 0.15) is 5.84 Å². The van der Waals surface area contributed by atoms with Crippen LogP contribution >= 0.6 is 23.2 Å². The Morgan fingerprint density at radius 2 is 2.00 bits per heavy atom. The molecule has 0 aliphatic carbocycles. The van der Waals surface area contributed by atoms with Crippen LogP contribution in [0.2, 0.25) is 10.0 Å². The zero-order valence-electron chi connectivity index (χ0n) is 9.19. The Morgan fingerprint density at radius 1 is 1.19 bits per heavy atom. The molecule has 2 nitrogen and oxygen atoms in total. The molecule has 0 aromatic heterocycles. The second-order valence-corrected chi connectivity index (χ2v) is 4.81. The third-order valence-electron chi connectivity index (χ3n) is 2.65. The Balaban J connectivity index is 2.20. The summed E-state index contributed by atoms with van der Waals surface area (Å²) in [7, 11) is 0. The first-order valence-corrected chi connectivity index (χ1v) is 6.18. The minimum Gasteiger partial charge on any atom is -0.343 e. The Hall–Kier alpha value is -0.730. The van der Waals surface area contributed by atoms with E-state index in [1.807, 2.05) is 19.1 Å². The predicted molar refractivity (Wildman–Crippen MR) is 71.0 cm³/mol. The summed E-state index contributed by atoms with van der Waals surface area (Å²) in [6.45, 7) is 2.84. The number of aryl methyl sites for hydroxylation is 1.